The van der Waals surface area contributed by atoms with Gasteiger partial charge in [0.15, 0.2) is 0 Å². The van der Waals surface area contributed by atoms with Crippen molar-refractivity contribution in [1.29, 1.82) is 0 Å². The van der Waals surface area contributed by atoms with Gasteiger partial charge in [-0.1, -0.05) is 86.0 Å². The molecule has 0 N–H and O–H groups in total. The van der Waals surface area contributed by atoms with E-state index in [1.54, 1.807) is 12.8 Å². The molecule has 5 atom stereocenters. The van der Waals surface area contributed by atoms with Crippen molar-refractivity contribution in [3.05, 3.63) is 0 Å². The molecule has 0 aromatic heterocycles. The molecule has 124 valence electrons. The third-order valence-electron chi connectivity index (χ3n) is 7.14. The minimum absolute atomic E-state index is 0.765. The topological polar surface area (TPSA) is 0 Å². The summed E-state index contributed by atoms with van der Waals surface area (Å²) in [7, 11) is 0. The third kappa shape index (κ3) is 3.06. The van der Waals surface area contributed by atoms with E-state index in [9.17, 15) is 0 Å². The molecule has 0 aromatic carbocycles. The Morgan fingerprint density at radius 2 is 1.67 bits per heavy atom. The highest BCUT2D eigenvalue weighted by Crippen LogP contribution is 2.89. The molecular formula is C21H40. The normalized spacial score (nSPS) is 38.7. The molecule has 0 heteroatoms. The van der Waals surface area contributed by atoms with Crippen molar-refractivity contribution in [2.24, 2.45) is 28.6 Å². The highest BCUT2D eigenvalue weighted by Gasteiger charge is 2.82. The van der Waals surface area contributed by atoms with Gasteiger partial charge in [0.25, 0.3) is 0 Å². The second-order valence-electron chi connectivity index (χ2n) is 8.52. The van der Waals surface area contributed by atoms with Crippen LogP contribution in [0.2, 0.25) is 0 Å². The van der Waals surface area contributed by atoms with Crippen LogP contribution in [0.25, 0.3) is 0 Å². The van der Waals surface area contributed by atoms with Crippen LogP contribution in [0, 0.1) is 28.6 Å². The number of hydrogen-bond acceptors (Lipinski definition) is 0. The van der Waals surface area contributed by atoms with E-state index in [0.29, 0.717) is 0 Å². The zero-order chi connectivity index (χ0) is 15.5. The predicted octanol–water partition coefficient (Wildman–Crippen LogP) is 7.23. The lowest BCUT2D eigenvalue weighted by molar-refractivity contribution is 0.273. The van der Waals surface area contributed by atoms with Gasteiger partial charge in [0, 0.05) is 0 Å². The Hall–Kier alpha value is 0. The maximum absolute atomic E-state index is 2.55. The summed E-state index contributed by atoms with van der Waals surface area (Å²) in [6.07, 6.45) is 16.1. The lowest BCUT2D eigenvalue weighted by Gasteiger charge is -2.23. The Labute approximate surface area is 134 Å². The average molecular weight is 293 g/mol. The van der Waals surface area contributed by atoms with Crippen LogP contribution in [0.5, 0.6) is 0 Å². The molecule has 1 spiro atoms. The summed E-state index contributed by atoms with van der Waals surface area (Å²) in [6, 6.07) is 0. The molecule has 2 aliphatic carbocycles. The van der Waals surface area contributed by atoms with Crippen LogP contribution < -0.4 is 0 Å². The molecule has 0 nitrogen and oxygen atoms in total. The molecule has 0 bridgehead atoms. The third-order valence-corrected chi connectivity index (χ3v) is 7.14. The summed E-state index contributed by atoms with van der Waals surface area (Å²) in [5.41, 5.74) is 1.58. The minimum Gasteiger partial charge on any atom is -0.0654 e. The lowest BCUT2D eigenvalue weighted by atomic mass is 9.82. The van der Waals surface area contributed by atoms with Gasteiger partial charge in [-0.3, -0.25) is 0 Å². The smallest absolute Gasteiger partial charge is 0.0176 e. The first-order valence-corrected chi connectivity index (χ1v) is 10.1. The number of unbranched alkanes of at least 4 members (excludes halogenated alkanes) is 4. The molecular weight excluding hydrogens is 252 g/mol. The van der Waals surface area contributed by atoms with Crippen LogP contribution in [-0.2, 0) is 0 Å². The van der Waals surface area contributed by atoms with Crippen molar-refractivity contribution in [3.8, 4) is 0 Å². The van der Waals surface area contributed by atoms with Gasteiger partial charge in [-0.25, -0.2) is 0 Å². The molecule has 0 saturated heterocycles. The van der Waals surface area contributed by atoms with Crippen molar-refractivity contribution in [2.45, 2.75) is 105 Å². The molecule has 0 aromatic rings. The highest BCUT2D eigenvalue weighted by molar-refractivity contribution is 5.30. The summed E-state index contributed by atoms with van der Waals surface area (Å²) < 4.78 is 0. The van der Waals surface area contributed by atoms with Gasteiger partial charge >= 0.3 is 0 Å². The molecule has 0 radical (unpaired) electrons. The molecule has 2 rings (SSSR count). The summed E-state index contributed by atoms with van der Waals surface area (Å²) in [5.74, 6) is 3.07. The van der Waals surface area contributed by atoms with E-state index in [-0.39, 0.29) is 0 Å². The second kappa shape index (κ2) is 7.05. The Balaban J connectivity index is 1.89. The van der Waals surface area contributed by atoms with Crippen molar-refractivity contribution >= 4 is 0 Å². The van der Waals surface area contributed by atoms with Gasteiger partial charge in [0.1, 0.15) is 0 Å². The van der Waals surface area contributed by atoms with Gasteiger partial charge in [-0.15, -0.1) is 0 Å². The predicted molar refractivity (Wildman–Crippen MR) is 94.5 cm³/mol. The van der Waals surface area contributed by atoms with E-state index < -0.39 is 0 Å². The first-order valence-electron chi connectivity index (χ1n) is 10.1. The first kappa shape index (κ1) is 17.4. The van der Waals surface area contributed by atoms with Crippen LogP contribution in [0.15, 0.2) is 0 Å². The van der Waals surface area contributed by atoms with Crippen molar-refractivity contribution in [1.82, 2.24) is 0 Å². The highest BCUT2D eigenvalue weighted by atomic mass is 14.9. The van der Waals surface area contributed by atoms with Gasteiger partial charge in [-0.05, 0) is 47.8 Å². The van der Waals surface area contributed by atoms with Crippen LogP contribution >= 0.6 is 0 Å². The molecule has 2 fully saturated rings. The fourth-order valence-corrected chi connectivity index (χ4v) is 6.15. The van der Waals surface area contributed by atoms with E-state index >= 15 is 0 Å². The SMILES string of the molecule is CCCCCCC(C)CC1(CCCC)C(CC)C12CC2C. The Morgan fingerprint density at radius 1 is 1.00 bits per heavy atom. The second-order valence-corrected chi connectivity index (χ2v) is 8.52. The largest absolute Gasteiger partial charge is 0.0654 e. The molecule has 21 heavy (non-hydrogen) atoms. The zero-order valence-electron chi connectivity index (χ0n) is 15.5. The molecule has 0 aliphatic heterocycles. The molecule has 2 saturated carbocycles. The molecule has 0 amide bonds. The Bertz CT molecular complexity index is 320. The van der Waals surface area contributed by atoms with Gasteiger partial charge in [0.2, 0.25) is 0 Å². The summed E-state index contributed by atoms with van der Waals surface area (Å²) in [4.78, 5) is 0. The number of rotatable bonds is 11. The van der Waals surface area contributed by atoms with Crippen molar-refractivity contribution in [2.75, 3.05) is 0 Å². The van der Waals surface area contributed by atoms with E-state index in [2.05, 4.69) is 34.6 Å². The molecule has 0 heterocycles. The fraction of sp³-hybridized carbons (Fsp3) is 1.00. The summed E-state index contributed by atoms with van der Waals surface area (Å²) in [5, 5.41) is 0. The van der Waals surface area contributed by atoms with Crippen LogP contribution in [0.4, 0.5) is 0 Å². The van der Waals surface area contributed by atoms with E-state index in [0.717, 1.165) is 28.6 Å². The maximum atomic E-state index is 2.55. The van der Waals surface area contributed by atoms with Gasteiger partial charge in [0.05, 0.1) is 0 Å². The first-order chi connectivity index (χ1) is 10.1. The summed E-state index contributed by atoms with van der Waals surface area (Å²) >= 11 is 0. The van der Waals surface area contributed by atoms with E-state index in [1.165, 1.54) is 57.8 Å². The van der Waals surface area contributed by atoms with Crippen LogP contribution in [0.3, 0.4) is 0 Å². The van der Waals surface area contributed by atoms with Crippen LogP contribution in [0.1, 0.15) is 105 Å². The maximum Gasteiger partial charge on any atom is -0.0176 e. The number of hydrogen-bond donors (Lipinski definition) is 0. The zero-order valence-corrected chi connectivity index (χ0v) is 15.5. The minimum atomic E-state index is 0.765. The Morgan fingerprint density at radius 3 is 2.14 bits per heavy atom. The van der Waals surface area contributed by atoms with E-state index in [4.69, 9.17) is 0 Å². The average Bonchev–Trinajstić information content (AvgIpc) is 3.28. The molecule has 2 aliphatic rings. The van der Waals surface area contributed by atoms with Gasteiger partial charge in [-0.2, -0.15) is 0 Å². The Kier molecular flexibility index (Phi) is 5.83. The fourth-order valence-electron chi connectivity index (χ4n) is 6.15. The molecule has 5 unspecified atom stereocenters. The van der Waals surface area contributed by atoms with Crippen molar-refractivity contribution in [3.63, 3.8) is 0 Å². The van der Waals surface area contributed by atoms with Crippen LogP contribution in [-0.4, -0.2) is 0 Å². The lowest BCUT2D eigenvalue weighted by Crippen LogP contribution is -2.13. The van der Waals surface area contributed by atoms with E-state index in [1.807, 2.05) is 0 Å². The summed E-state index contributed by atoms with van der Waals surface area (Å²) in [6.45, 7) is 12.2. The monoisotopic (exact) mass is 292 g/mol. The van der Waals surface area contributed by atoms with Gasteiger partial charge < -0.3 is 0 Å². The standard InChI is InChI=1S/C21H40/c1-6-9-11-12-13-17(4)15-20(14-10-7-2)19(8-3)21(20)16-18(21)5/h17-19H,6-16H2,1-5H3. The quantitative estimate of drug-likeness (QED) is 0.352. The van der Waals surface area contributed by atoms with Crippen molar-refractivity contribution < 1.29 is 0 Å².